The van der Waals surface area contributed by atoms with Gasteiger partial charge in [-0.3, -0.25) is 0 Å². The van der Waals surface area contributed by atoms with E-state index in [2.05, 4.69) is 74.5 Å². The quantitative estimate of drug-likeness (QED) is 0.730. The largest absolute Gasteiger partial charge is 0.378 e. The van der Waals surface area contributed by atoms with Crippen LogP contribution in [0.4, 0.5) is 0 Å². The van der Waals surface area contributed by atoms with Gasteiger partial charge in [-0.15, -0.1) is 0 Å². The van der Waals surface area contributed by atoms with Crippen LogP contribution in [-0.4, -0.2) is 12.7 Å². The fourth-order valence-corrected chi connectivity index (χ4v) is 2.61. The van der Waals surface area contributed by atoms with E-state index in [1.54, 1.807) is 0 Å². The first kappa shape index (κ1) is 13.8. The summed E-state index contributed by atoms with van der Waals surface area (Å²) >= 11 is 0. The topological polar surface area (TPSA) is 9.23 Å². The van der Waals surface area contributed by atoms with Crippen LogP contribution < -0.4 is 0 Å². The van der Waals surface area contributed by atoms with E-state index in [1.807, 2.05) is 0 Å². The fourth-order valence-electron chi connectivity index (χ4n) is 2.61. The minimum atomic E-state index is 0.231. The van der Waals surface area contributed by atoms with Crippen molar-refractivity contribution in [2.75, 3.05) is 6.61 Å². The Bertz CT molecular complexity index is 424. The molecule has 0 bridgehead atoms. The van der Waals surface area contributed by atoms with Gasteiger partial charge in [0.1, 0.15) is 0 Å². The molecule has 19 heavy (non-hydrogen) atoms. The van der Waals surface area contributed by atoms with Gasteiger partial charge in [0.05, 0.1) is 6.10 Å². The maximum absolute atomic E-state index is 5.96. The molecular formula is C18H22O. The Morgan fingerprint density at radius 2 is 1.26 bits per heavy atom. The third-order valence-corrected chi connectivity index (χ3v) is 3.47. The Labute approximate surface area is 116 Å². The molecule has 0 spiro atoms. The van der Waals surface area contributed by atoms with Crippen molar-refractivity contribution >= 4 is 0 Å². The summed E-state index contributed by atoms with van der Waals surface area (Å²) in [5, 5.41) is 0. The zero-order valence-corrected chi connectivity index (χ0v) is 11.8. The standard InChI is InChI=1S/C18H22O/c1-3-17(19-4-2)18(15-11-7-5-8-12-15)16-13-9-6-10-14-16/h5-14,17-18H,3-4H2,1-2H3/t17-/m1/s1. The second-order valence-electron chi connectivity index (χ2n) is 4.70. The maximum Gasteiger partial charge on any atom is 0.0681 e. The third-order valence-electron chi connectivity index (χ3n) is 3.47. The van der Waals surface area contributed by atoms with Gasteiger partial charge in [0.25, 0.3) is 0 Å². The van der Waals surface area contributed by atoms with Gasteiger partial charge in [-0.2, -0.15) is 0 Å². The van der Waals surface area contributed by atoms with Crippen LogP contribution in [0.2, 0.25) is 0 Å². The van der Waals surface area contributed by atoms with E-state index in [-0.39, 0.29) is 6.10 Å². The highest BCUT2D eigenvalue weighted by atomic mass is 16.5. The van der Waals surface area contributed by atoms with E-state index in [0.29, 0.717) is 5.92 Å². The van der Waals surface area contributed by atoms with Crippen LogP contribution in [0.15, 0.2) is 60.7 Å². The van der Waals surface area contributed by atoms with E-state index < -0.39 is 0 Å². The summed E-state index contributed by atoms with van der Waals surface area (Å²) in [5.74, 6) is 0.312. The minimum absolute atomic E-state index is 0.231. The van der Waals surface area contributed by atoms with E-state index in [1.165, 1.54) is 11.1 Å². The highest BCUT2D eigenvalue weighted by Crippen LogP contribution is 2.31. The highest BCUT2D eigenvalue weighted by molar-refractivity contribution is 5.33. The molecule has 1 atom stereocenters. The Kier molecular flexibility index (Phi) is 5.17. The van der Waals surface area contributed by atoms with E-state index in [0.717, 1.165) is 13.0 Å². The second kappa shape index (κ2) is 7.10. The number of ether oxygens (including phenoxy) is 1. The minimum Gasteiger partial charge on any atom is -0.378 e. The van der Waals surface area contributed by atoms with Crippen LogP contribution in [0.25, 0.3) is 0 Å². The second-order valence-corrected chi connectivity index (χ2v) is 4.70. The fraction of sp³-hybridized carbons (Fsp3) is 0.333. The summed E-state index contributed by atoms with van der Waals surface area (Å²) in [7, 11) is 0. The van der Waals surface area contributed by atoms with Crippen LogP contribution in [0, 0.1) is 0 Å². The van der Waals surface area contributed by atoms with Crippen LogP contribution in [0.3, 0.4) is 0 Å². The molecule has 0 N–H and O–H groups in total. The van der Waals surface area contributed by atoms with Crippen molar-refractivity contribution in [1.29, 1.82) is 0 Å². The van der Waals surface area contributed by atoms with Crippen molar-refractivity contribution < 1.29 is 4.74 Å². The molecule has 0 fully saturated rings. The molecule has 100 valence electrons. The molecule has 1 nitrogen and oxygen atoms in total. The van der Waals surface area contributed by atoms with Gasteiger partial charge >= 0.3 is 0 Å². The van der Waals surface area contributed by atoms with Crippen LogP contribution >= 0.6 is 0 Å². The van der Waals surface area contributed by atoms with Gasteiger partial charge in [-0.05, 0) is 24.5 Å². The van der Waals surface area contributed by atoms with Crippen molar-refractivity contribution in [3.63, 3.8) is 0 Å². The van der Waals surface area contributed by atoms with Crippen molar-refractivity contribution in [3.05, 3.63) is 71.8 Å². The zero-order chi connectivity index (χ0) is 13.5. The van der Waals surface area contributed by atoms with Gasteiger partial charge in [0, 0.05) is 12.5 Å². The van der Waals surface area contributed by atoms with Crippen LogP contribution in [0.5, 0.6) is 0 Å². The lowest BCUT2D eigenvalue weighted by Crippen LogP contribution is -2.22. The summed E-state index contributed by atoms with van der Waals surface area (Å²) in [6.45, 7) is 5.02. The van der Waals surface area contributed by atoms with E-state index >= 15 is 0 Å². The lowest BCUT2D eigenvalue weighted by molar-refractivity contribution is 0.0487. The molecule has 0 saturated carbocycles. The smallest absolute Gasteiger partial charge is 0.0681 e. The molecule has 0 saturated heterocycles. The summed E-state index contributed by atoms with van der Waals surface area (Å²) in [5.41, 5.74) is 2.66. The first-order valence-electron chi connectivity index (χ1n) is 7.08. The van der Waals surface area contributed by atoms with Crippen molar-refractivity contribution in [3.8, 4) is 0 Å². The van der Waals surface area contributed by atoms with Crippen LogP contribution in [-0.2, 0) is 4.74 Å². The summed E-state index contributed by atoms with van der Waals surface area (Å²) in [6.07, 6.45) is 1.25. The highest BCUT2D eigenvalue weighted by Gasteiger charge is 2.23. The SMILES string of the molecule is CCO[C@H](CC)C(c1ccccc1)c1ccccc1. The summed E-state index contributed by atoms with van der Waals surface area (Å²) in [4.78, 5) is 0. The molecule has 0 radical (unpaired) electrons. The maximum atomic E-state index is 5.96. The van der Waals surface area contributed by atoms with Gasteiger partial charge in [0.2, 0.25) is 0 Å². The molecule has 0 amide bonds. The number of hydrogen-bond acceptors (Lipinski definition) is 1. The Hall–Kier alpha value is -1.60. The molecule has 0 aromatic heterocycles. The van der Waals surface area contributed by atoms with Crippen LogP contribution in [0.1, 0.15) is 37.3 Å². The molecule has 1 heteroatoms. The first-order valence-corrected chi connectivity index (χ1v) is 7.08. The van der Waals surface area contributed by atoms with Crippen molar-refractivity contribution in [1.82, 2.24) is 0 Å². The predicted molar refractivity (Wildman–Crippen MR) is 80.4 cm³/mol. The number of rotatable bonds is 6. The monoisotopic (exact) mass is 254 g/mol. The van der Waals surface area contributed by atoms with Gasteiger partial charge in [-0.25, -0.2) is 0 Å². The Balaban J connectivity index is 2.38. The molecule has 2 rings (SSSR count). The third kappa shape index (κ3) is 3.45. The average molecular weight is 254 g/mol. The molecule has 2 aromatic carbocycles. The molecule has 2 aromatic rings. The average Bonchev–Trinajstić information content (AvgIpc) is 2.49. The Morgan fingerprint density at radius 1 is 0.789 bits per heavy atom. The summed E-state index contributed by atoms with van der Waals surface area (Å²) in [6, 6.07) is 21.3. The lowest BCUT2D eigenvalue weighted by Gasteiger charge is -2.27. The number of hydrogen-bond donors (Lipinski definition) is 0. The predicted octanol–water partition coefficient (Wildman–Crippen LogP) is 4.63. The molecule has 0 aliphatic carbocycles. The molecular weight excluding hydrogens is 232 g/mol. The molecule has 0 aliphatic heterocycles. The van der Waals surface area contributed by atoms with E-state index in [9.17, 15) is 0 Å². The lowest BCUT2D eigenvalue weighted by atomic mass is 9.85. The normalized spacial score (nSPS) is 12.6. The first-order chi connectivity index (χ1) is 9.36. The Morgan fingerprint density at radius 3 is 1.63 bits per heavy atom. The summed E-state index contributed by atoms with van der Waals surface area (Å²) < 4.78 is 5.96. The van der Waals surface area contributed by atoms with E-state index in [4.69, 9.17) is 4.74 Å². The van der Waals surface area contributed by atoms with Gasteiger partial charge in [-0.1, -0.05) is 67.6 Å². The molecule has 0 unspecified atom stereocenters. The van der Waals surface area contributed by atoms with Gasteiger partial charge in [0.15, 0.2) is 0 Å². The number of benzene rings is 2. The van der Waals surface area contributed by atoms with Crippen molar-refractivity contribution in [2.24, 2.45) is 0 Å². The molecule has 0 heterocycles. The zero-order valence-electron chi connectivity index (χ0n) is 11.8. The van der Waals surface area contributed by atoms with Crippen molar-refractivity contribution in [2.45, 2.75) is 32.3 Å². The molecule has 0 aliphatic rings. The van der Waals surface area contributed by atoms with Gasteiger partial charge < -0.3 is 4.74 Å².